The summed E-state index contributed by atoms with van der Waals surface area (Å²) in [6.07, 6.45) is 6.87. The molecule has 1 aromatic carbocycles. The molecule has 1 fully saturated rings. The largest absolute Gasteiger partial charge is 0.490 e. The summed E-state index contributed by atoms with van der Waals surface area (Å²) in [4.78, 5) is 16.6. The van der Waals surface area contributed by atoms with E-state index >= 15 is 0 Å². The summed E-state index contributed by atoms with van der Waals surface area (Å²) in [5.41, 5.74) is 0.706. The molecule has 2 amide bonds. The summed E-state index contributed by atoms with van der Waals surface area (Å²) >= 11 is 6.20. The smallest absolute Gasteiger partial charge is 0.319 e. The first kappa shape index (κ1) is 18.6. The lowest BCUT2D eigenvalue weighted by Crippen LogP contribution is -2.35. The highest BCUT2D eigenvalue weighted by atomic mass is 35.5. The number of imidazole rings is 1. The number of carbonyl (C=O) groups is 1. The van der Waals surface area contributed by atoms with Crippen molar-refractivity contribution in [2.75, 3.05) is 18.5 Å². The Morgan fingerprint density at radius 1 is 1.42 bits per heavy atom. The SMILES string of the molecule is CCCOc1c(Cl)cccc1NC(=O)NCC1(Cn2ccnc2C)CC1. The number of ether oxygens (including phenoxy) is 1. The summed E-state index contributed by atoms with van der Waals surface area (Å²) in [6.45, 7) is 6.07. The summed E-state index contributed by atoms with van der Waals surface area (Å²) in [5, 5.41) is 6.33. The Morgan fingerprint density at radius 2 is 2.23 bits per heavy atom. The van der Waals surface area contributed by atoms with E-state index in [1.165, 1.54) is 0 Å². The van der Waals surface area contributed by atoms with Gasteiger partial charge < -0.3 is 19.9 Å². The van der Waals surface area contributed by atoms with Crippen LogP contribution in [0, 0.1) is 12.3 Å². The van der Waals surface area contributed by atoms with Crippen molar-refractivity contribution in [2.45, 2.75) is 39.7 Å². The van der Waals surface area contributed by atoms with Crippen LogP contribution in [0.2, 0.25) is 5.02 Å². The van der Waals surface area contributed by atoms with Gasteiger partial charge in [-0.3, -0.25) is 0 Å². The van der Waals surface area contributed by atoms with Gasteiger partial charge in [0.15, 0.2) is 5.75 Å². The number of rotatable bonds is 8. The molecule has 1 saturated carbocycles. The third kappa shape index (κ3) is 4.49. The molecular formula is C19H25ClN4O2. The highest BCUT2D eigenvalue weighted by Crippen LogP contribution is 2.46. The molecule has 0 aliphatic heterocycles. The van der Waals surface area contributed by atoms with Crippen LogP contribution >= 0.6 is 11.6 Å². The number of para-hydroxylation sites is 1. The van der Waals surface area contributed by atoms with Gasteiger partial charge in [-0.15, -0.1) is 0 Å². The Balaban J connectivity index is 1.56. The predicted octanol–water partition coefficient (Wildman–Crippen LogP) is 4.24. The molecule has 0 atom stereocenters. The van der Waals surface area contributed by atoms with Crippen LogP contribution in [0.25, 0.3) is 0 Å². The molecule has 1 heterocycles. The molecule has 6 nitrogen and oxygen atoms in total. The van der Waals surface area contributed by atoms with Crippen LogP contribution in [0.5, 0.6) is 5.75 Å². The maximum atomic E-state index is 12.4. The number of hydrogen-bond donors (Lipinski definition) is 2. The summed E-state index contributed by atoms with van der Waals surface area (Å²) in [7, 11) is 0. The van der Waals surface area contributed by atoms with E-state index in [9.17, 15) is 4.79 Å². The minimum absolute atomic E-state index is 0.124. The number of nitrogens with one attached hydrogen (secondary N) is 2. The zero-order valence-corrected chi connectivity index (χ0v) is 16.0. The van der Waals surface area contributed by atoms with Crippen molar-refractivity contribution < 1.29 is 9.53 Å². The first-order chi connectivity index (χ1) is 12.5. The second-order valence-electron chi connectivity index (χ2n) is 6.88. The highest BCUT2D eigenvalue weighted by Gasteiger charge is 2.43. The number of amides is 2. The number of halogens is 1. The van der Waals surface area contributed by atoms with Crippen molar-refractivity contribution >= 4 is 23.3 Å². The molecule has 2 N–H and O–H groups in total. The number of urea groups is 1. The minimum Gasteiger partial charge on any atom is -0.490 e. The van der Waals surface area contributed by atoms with Crippen LogP contribution in [0.3, 0.4) is 0 Å². The minimum atomic E-state index is -0.248. The fraction of sp³-hybridized carbons (Fsp3) is 0.474. The Morgan fingerprint density at radius 3 is 2.88 bits per heavy atom. The van der Waals surface area contributed by atoms with Gasteiger partial charge in [0.1, 0.15) is 5.82 Å². The fourth-order valence-corrected chi connectivity index (χ4v) is 3.12. The van der Waals surface area contributed by atoms with Gasteiger partial charge in [-0.2, -0.15) is 0 Å². The van der Waals surface area contributed by atoms with Crippen molar-refractivity contribution in [2.24, 2.45) is 5.41 Å². The molecule has 3 rings (SSSR count). The quantitative estimate of drug-likeness (QED) is 0.724. The average Bonchev–Trinajstić information content (AvgIpc) is 3.27. The van der Waals surface area contributed by atoms with E-state index in [1.807, 2.05) is 26.2 Å². The summed E-state index contributed by atoms with van der Waals surface area (Å²) in [5.74, 6) is 1.51. The molecule has 2 aromatic rings. The molecule has 0 radical (unpaired) electrons. The number of nitrogens with zero attached hydrogens (tertiary/aromatic N) is 2. The van der Waals surface area contributed by atoms with Gasteiger partial charge in [-0.25, -0.2) is 9.78 Å². The van der Waals surface area contributed by atoms with Crippen molar-refractivity contribution in [3.05, 3.63) is 41.4 Å². The molecular weight excluding hydrogens is 352 g/mol. The van der Waals surface area contributed by atoms with Gasteiger partial charge in [0.05, 0.1) is 17.3 Å². The standard InChI is InChI=1S/C19H25ClN4O2/c1-3-11-26-17-15(20)5-4-6-16(17)23-18(25)22-12-19(7-8-19)13-24-10-9-21-14(24)2/h4-6,9-10H,3,7-8,11-13H2,1-2H3,(H2,22,23,25). The second-order valence-corrected chi connectivity index (χ2v) is 7.28. The van der Waals surface area contributed by atoms with Crippen molar-refractivity contribution in [3.8, 4) is 5.75 Å². The Kier molecular flexibility index (Phi) is 5.71. The van der Waals surface area contributed by atoms with Gasteiger partial charge in [0.25, 0.3) is 0 Å². The number of carbonyl (C=O) groups excluding carboxylic acids is 1. The highest BCUT2D eigenvalue weighted by molar-refractivity contribution is 6.32. The number of anilines is 1. The lowest BCUT2D eigenvalue weighted by molar-refractivity contribution is 0.248. The van der Waals surface area contributed by atoms with E-state index in [1.54, 1.807) is 18.2 Å². The molecule has 1 aliphatic carbocycles. The summed E-state index contributed by atoms with van der Waals surface area (Å²) < 4.78 is 7.81. The zero-order valence-electron chi connectivity index (χ0n) is 15.2. The first-order valence-electron chi connectivity index (χ1n) is 8.97. The Labute approximate surface area is 158 Å². The molecule has 1 aliphatic rings. The maximum Gasteiger partial charge on any atom is 0.319 e. The third-order valence-corrected chi connectivity index (χ3v) is 4.97. The van der Waals surface area contributed by atoms with Gasteiger partial charge >= 0.3 is 6.03 Å². The van der Waals surface area contributed by atoms with Crippen molar-refractivity contribution in [3.63, 3.8) is 0 Å². The number of hydrogen-bond acceptors (Lipinski definition) is 3. The second kappa shape index (κ2) is 7.99. The van der Waals surface area contributed by atoms with E-state index in [4.69, 9.17) is 16.3 Å². The lowest BCUT2D eigenvalue weighted by Gasteiger charge is -2.19. The van der Waals surface area contributed by atoms with E-state index in [-0.39, 0.29) is 11.4 Å². The van der Waals surface area contributed by atoms with E-state index < -0.39 is 0 Å². The topological polar surface area (TPSA) is 68.2 Å². The summed E-state index contributed by atoms with van der Waals surface area (Å²) in [6, 6.07) is 5.09. The van der Waals surface area contributed by atoms with Crippen molar-refractivity contribution in [1.82, 2.24) is 14.9 Å². The zero-order chi connectivity index (χ0) is 18.6. The molecule has 1 aromatic heterocycles. The van der Waals surface area contributed by atoms with Gasteiger partial charge in [-0.1, -0.05) is 24.6 Å². The molecule has 0 bridgehead atoms. The van der Waals surface area contributed by atoms with Crippen LogP contribution < -0.4 is 15.4 Å². The van der Waals surface area contributed by atoms with Crippen LogP contribution in [0.1, 0.15) is 32.0 Å². The van der Waals surface area contributed by atoms with E-state index in [0.717, 1.165) is 31.6 Å². The average molecular weight is 377 g/mol. The molecule has 26 heavy (non-hydrogen) atoms. The van der Waals surface area contributed by atoms with E-state index in [2.05, 4.69) is 20.2 Å². The molecule has 7 heteroatoms. The predicted molar refractivity (Wildman–Crippen MR) is 103 cm³/mol. The molecule has 140 valence electrons. The number of aryl methyl sites for hydroxylation is 1. The van der Waals surface area contributed by atoms with E-state index in [0.29, 0.717) is 29.6 Å². The molecule has 0 spiro atoms. The Bertz CT molecular complexity index is 771. The normalized spacial score (nSPS) is 14.7. The maximum absolute atomic E-state index is 12.4. The van der Waals surface area contributed by atoms with Crippen molar-refractivity contribution in [1.29, 1.82) is 0 Å². The van der Waals surface area contributed by atoms with Gasteiger partial charge in [0.2, 0.25) is 0 Å². The monoisotopic (exact) mass is 376 g/mol. The van der Waals surface area contributed by atoms with Gasteiger partial charge in [0, 0.05) is 30.9 Å². The van der Waals surface area contributed by atoms with Crippen LogP contribution in [0.15, 0.2) is 30.6 Å². The number of aromatic nitrogens is 2. The lowest BCUT2D eigenvalue weighted by atomic mass is 10.1. The first-order valence-corrected chi connectivity index (χ1v) is 9.35. The van der Waals surface area contributed by atoms with Crippen LogP contribution in [-0.4, -0.2) is 28.7 Å². The fourth-order valence-electron chi connectivity index (χ4n) is 2.89. The van der Waals surface area contributed by atoms with Crippen LogP contribution in [-0.2, 0) is 6.54 Å². The third-order valence-electron chi connectivity index (χ3n) is 4.68. The van der Waals surface area contributed by atoms with Crippen LogP contribution in [0.4, 0.5) is 10.5 Å². The number of benzene rings is 1. The molecule has 0 unspecified atom stereocenters. The molecule has 0 saturated heterocycles. The van der Waals surface area contributed by atoms with Gasteiger partial charge in [-0.05, 0) is 38.3 Å². The Hall–Kier alpha value is -2.21.